The number of thiophene rings is 1. The van der Waals surface area contributed by atoms with Gasteiger partial charge in [-0.3, -0.25) is 4.79 Å². The number of hydrogen-bond donors (Lipinski definition) is 3. The number of allylic oxidation sites excluding steroid dienone is 3. The maximum absolute atomic E-state index is 12.8. The number of carbonyl (C=O) groups excluding carboxylic acids is 2. The molecule has 4 rings (SSSR count). The third-order valence-electron chi connectivity index (χ3n) is 4.86. The second-order valence-corrected chi connectivity index (χ2v) is 7.65. The van der Waals surface area contributed by atoms with E-state index in [2.05, 4.69) is 15.6 Å². The van der Waals surface area contributed by atoms with Gasteiger partial charge in [0, 0.05) is 12.2 Å². The van der Waals surface area contributed by atoms with Crippen LogP contribution in [0.3, 0.4) is 0 Å². The van der Waals surface area contributed by atoms with Crippen LogP contribution in [0.5, 0.6) is 0 Å². The first-order valence-corrected chi connectivity index (χ1v) is 9.83. The zero-order valence-corrected chi connectivity index (χ0v) is 15.8. The Labute approximate surface area is 160 Å². The van der Waals surface area contributed by atoms with Gasteiger partial charge >= 0.3 is 6.03 Å². The van der Waals surface area contributed by atoms with Crippen molar-refractivity contribution >= 4 is 44.9 Å². The number of hydrogen-bond acceptors (Lipinski definition) is 5. The van der Waals surface area contributed by atoms with E-state index in [1.165, 1.54) is 16.2 Å². The van der Waals surface area contributed by atoms with Crippen LogP contribution in [-0.2, 0) is 0 Å². The summed E-state index contributed by atoms with van der Waals surface area (Å²) in [6.07, 6.45) is 11.2. The van der Waals surface area contributed by atoms with Crippen LogP contribution < -0.4 is 21.3 Å². The Morgan fingerprint density at radius 2 is 2.22 bits per heavy atom. The highest BCUT2D eigenvalue weighted by molar-refractivity contribution is 7.21. The van der Waals surface area contributed by atoms with Crippen LogP contribution in [0.15, 0.2) is 36.3 Å². The van der Waals surface area contributed by atoms with E-state index < -0.39 is 0 Å². The fraction of sp³-hybridized carbons (Fsp3) is 0.316. The lowest BCUT2D eigenvalue weighted by Gasteiger charge is -2.28. The smallest absolute Gasteiger partial charge is 0.332 e. The molecule has 0 radical (unpaired) electrons. The zero-order chi connectivity index (χ0) is 19.0. The largest absolute Gasteiger partial charge is 0.385 e. The first-order chi connectivity index (χ1) is 13.1. The van der Waals surface area contributed by atoms with E-state index in [0.717, 1.165) is 31.1 Å². The number of anilines is 2. The monoisotopic (exact) mass is 383 g/mol. The van der Waals surface area contributed by atoms with Gasteiger partial charge in [0.2, 0.25) is 0 Å². The van der Waals surface area contributed by atoms with Crippen molar-refractivity contribution in [2.24, 2.45) is 5.73 Å². The second kappa shape index (κ2) is 7.03. The SMILES string of the molecule is C/C=C\C=C(/N)N1C(=O)Nc2c(C(=O)NC3CCCC3)sc3nccc1c23. The maximum atomic E-state index is 12.8. The Bertz CT molecular complexity index is 972. The normalized spacial score (nSPS) is 17.7. The van der Waals surface area contributed by atoms with E-state index in [4.69, 9.17) is 5.73 Å². The predicted octanol–water partition coefficient (Wildman–Crippen LogP) is 3.70. The molecule has 0 spiro atoms. The van der Waals surface area contributed by atoms with Crippen molar-refractivity contribution in [3.63, 3.8) is 0 Å². The lowest BCUT2D eigenvalue weighted by Crippen LogP contribution is -2.40. The number of nitrogens with one attached hydrogen (secondary N) is 2. The van der Waals surface area contributed by atoms with Gasteiger partial charge in [0.05, 0.1) is 16.8 Å². The predicted molar refractivity (Wildman–Crippen MR) is 108 cm³/mol. The fourth-order valence-electron chi connectivity index (χ4n) is 3.59. The quantitative estimate of drug-likeness (QED) is 0.701. The van der Waals surface area contributed by atoms with E-state index in [-0.39, 0.29) is 18.0 Å². The number of nitrogens with zero attached hydrogens (tertiary/aromatic N) is 2. The Morgan fingerprint density at radius 1 is 1.44 bits per heavy atom. The van der Waals surface area contributed by atoms with E-state index in [9.17, 15) is 9.59 Å². The average Bonchev–Trinajstić information content (AvgIpc) is 3.28. The van der Waals surface area contributed by atoms with Crippen molar-refractivity contribution in [2.45, 2.75) is 38.6 Å². The van der Waals surface area contributed by atoms with Gasteiger partial charge < -0.3 is 16.4 Å². The minimum absolute atomic E-state index is 0.156. The van der Waals surface area contributed by atoms with Crippen LogP contribution in [0.1, 0.15) is 42.3 Å². The number of urea groups is 1. The van der Waals surface area contributed by atoms with Gasteiger partial charge in [0.1, 0.15) is 15.5 Å². The van der Waals surface area contributed by atoms with Gasteiger partial charge in [0.25, 0.3) is 5.91 Å². The first kappa shape index (κ1) is 17.5. The van der Waals surface area contributed by atoms with E-state index in [1.54, 1.807) is 24.4 Å². The van der Waals surface area contributed by atoms with Crippen LogP contribution in [0.25, 0.3) is 10.2 Å². The first-order valence-electron chi connectivity index (χ1n) is 9.02. The van der Waals surface area contributed by atoms with E-state index >= 15 is 0 Å². The van der Waals surface area contributed by atoms with Gasteiger partial charge in [-0.2, -0.15) is 0 Å². The number of carbonyl (C=O) groups is 2. The van der Waals surface area contributed by atoms with Crippen molar-refractivity contribution in [3.8, 4) is 0 Å². The molecule has 1 fully saturated rings. The number of nitrogens with two attached hydrogens (primary N) is 1. The highest BCUT2D eigenvalue weighted by Crippen LogP contribution is 2.44. The van der Waals surface area contributed by atoms with Gasteiger partial charge in [-0.15, -0.1) is 11.3 Å². The molecule has 140 valence electrons. The molecular formula is C19H21N5O2S. The molecule has 4 N–H and O–H groups in total. The second-order valence-electron chi connectivity index (χ2n) is 6.65. The van der Waals surface area contributed by atoms with Crippen LogP contribution in [0.4, 0.5) is 16.2 Å². The Hall–Kier alpha value is -2.87. The van der Waals surface area contributed by atoms with Crippen LogP contribution >= 0.6 is 11.3 Å². The Kier molecular flexibility index (Phi) is 4.57. The highest BCUT2D eigenvalue weighted by atomic mass is 32.1. The molecule has 0 unspecified atom stereocenters. The average molecular weight is 383 g/mol. The molecule has 2 aliphatic rings. The number of aromatic nitrogens is 1. The third kappa shape index (κ3) is 3.06. The van der Waals surface area contributed by atoms with E-state index in [1.807, 2.05) is 13.0 Å². The molecular weight excluding hydrogens is 362 g/mol. The van der Waals surface area contributed by atoms with Gasteiger partial charge in [0.15, 0.2) is 0 Å². The van der Waals surface area contributed by atoms with Crippen LogP contribution in [-0.4, -0.2) is 23.0 Å². The molecule has 2 aromatic rings. The summed E-state index contributed by atoms with van der Waals surface area (Å²) in [5.41, 5.74) is 7.27. The molecule has 3 amide bonds. The van der Waals surface area contributed by atoms with Crippen molar-refractivity contribution in [2.75, 3.05) is 10.2 Å². The molecule has 7 nitrogen and oxygen atoms in total. The molecule has 8 heteroatoms. The Morgan fingerprint density at radius 3 is 2.96 bits per heavy atom. The lowest BCUT2D eigenvalue weighted by molar-refractivity contribution is 0.0943. The highest BCUT2D eigenvalue weighted by Gasteiger charge is 2.33. The summed E-state index contributed by atoms with van der Waals surface area (Å²) < 4.78 is 0. The minimum Gasteiger partial charge on any atom is -0.385 e. The van der Waals surface area contributed by atoms with Crippen LogP contribution in [0.2, 0.25) is 0 Å². The summed E-state index contributed by atoms with van der Waals surface area (Å²) in [5.74, 6) is 0.143. The topological polar surface area (TPSA) is 100 Å². The maximum Gasteiger partial charge on any atom is 0.332 e. The molecule has 1 saturated carbocycles. The molecule has 1 aliphatic carbocycles. The summed E-state index contributed by atoms with van der Waals surface area (Å²) in [6, 6.07) is 1.56. The lowest BCUT2D eigenvalue weighted by atomic mass is 10.1. The number of rotatable bonds is 4. The summed E-state index contributed by atoms with van der Waals surface area (Å²) in [5, 5.41) is 6.67. The summed E-state index contributed by atoms with van der Waals surface area (Å²) in [6.45, 7) is 1.87. The molecule has 3 heterocycles. The minimum atomic E-state index is -0.387. The van der Waals surface area contributed by atoms with Gasteiger partial charge in [-0.05, 0) is 31.9 Å². The fourth-order valence-corrected chi connectivity index (χ4v) is 4.61. The van der Waals surface area contributed by atoms with Gasteiger partial charge in [-0.25, -0.2) is 14.7 Å². The molecule has 2 aromatic heterocycles. The molecule has 1 aliphatic heterocycles. The molecule has 0 bridgehead atoms. The van der Waals surface area contributed by atoms with Crippen molar-refractivity contribution in [1.82, 2.24) is 10.3 Å². The molecule has 0 saturated heterocycles. The number of amides is 3. The standard InChI is InChI=1S/C19H21N5O2S/c1-2-3-8-13(20)24-12-9-10-21-18-14(12)15(23-19(24)26)16(27-18)17(25)22-11-6-4-5-7-11/h2-3,8-11H,4-7,20H2,1H3,(H,22,25)(H,23,26)/b3-2-,13-8+. The van der Waals surface area contributed by atoms with Crippen molar-refractivity contribution in [3.05, 3.63) is 41.2 Å². The molecule has 0 aromatic carbocycles. The summed E-state index contributed by atoms with van der Waals surface area (Å²) in [7, 11) is 0. The third-order valence-corrected chi connectivity index (χ3v) is 5.96. The molecule has 0 atom stereocenters. The summed E-state index contributed by atoms with van der Waals surface area (Å²) in [4.78, 5) is 32.5. The molecule has 27 heavy (non-hydrogen) atoms. The van der Waals surface area contributed by atoms with Crippen LogP contribution in [0, 0.1) is 0 Å². The number of pyridine rings is 1. The van der Waals surface area contributed by atoms with Crippen molar-refractivity contribution < 1.29 is 9.59 Å². The zero-order valence-electron chi connectivity index (χ0n) is 15.0. The van der Waals surface area contributed by atoms with E-state index in [0.29, 0.717) is 26.9 Å². The van der Waals surface area contributed by atoms with Crippen molar-refractivity contribution in [1.29, 1.82) is 0 Å². The van der Waals surface area contributed by atoms with Gasteiger partial charge in [-0.1, -0.05) is 25.0 Å². The summed E-state index contributed by atoms with van der Waals surface area (Å²) >= 11 is 1.29. The Balaban J connectivity index is 1.77.